The first-order chi connectivity index (χ1) is 18.6. The van der Waals surface area contributed by atoms with Crippen molar-refractivity contribution in [3.8, 4) is 0 Å². The third-order valence-corrected chi connectivity index (χ3v) is 10.9. The van der Waals surface area contributed by atoms with Crippen molar-refractivity contribution in [2.75, 3.05) is 6.61 Å². The maximum atomic E-state index is 14.3. The maximum Gasteiger partial charge on any atom is 0.330 e. The van der Waals surface area contributed by atoms with Crippen molar-refractivity contribution < 1.29 is 23.9 Å². The predicted molar refractivity (Wildman–Crippen MR) is 151 cm³/mol. The van der Waals surface area contributed by atoms with Gasteiger partial charge in [-0.1, -0.05) is 125 Å². The van der Waals surface area contributed by atoms with Gasteiger partial charge in [0.2, 0.25) is 11.8 Å². The van der Waals surface area contributed by atoms with Crippen molar-refractivity contribution >= 4 is 55.4 Å². The molecule has 2 bridgehead atoms. The Bertz CT molecular complexity index is 1410. The summed E-state index contributed by atoms with van der Waals surface area (Å²) < 4.78 is 3.53. The van der Waals surface area contributed by atoms with E-state index in [0.717, 1.165) is 27.2 Å². The van der Waals surface area contributed by atoms with Crippen LogP contribution < -0.4 is 0 Å². The zero-order chi connectivity index (χ0) is 27.7. The van der Waals surface area contributed by atoms with Crippen LogP contribution >= 0.6 is 31.9 Å². The number of rotatable bonds is 6. The Morgan fingerprint density at radius 1 is 0.769 bits per heavy atom. The fourth-order valence-corrected chi connectivity index (χ4v) is 8.87. The van der Waals surface area contributed by atoms with Gasteiger partial charge < -0.3 is 4.74 Å². The number of imide groups is 1. The van der Waals surface area contributed by atoms with Crippen LogP contribution in [0, 0.1) is 17.8 Å². The van der Waals surface area contributed by atoms with Crippen molar-refractivity contribution in [2.45, 2.75) is 28.5 Å². The third kappa shape index (κ3) is 3.50. The van der Waals surface area contributed by atoms with E-state index in [4.69, 9.17) is 4.74 Å². The van der Waals surface area contributed by atoms with Gasteiger partial charge in [0.05, 0.1) is 20.5 Å². The minimum Gasteiger partial charge on any atom is -0.456 e. The number of esters is 1. The highest BCUT2D eigenvalue weighted by atomic mass is 79.9. The van der Waals surface area contributed by atoms with E-state index < -0.39 is 56.8 Å². The number of hydrogen-bond donors (Lipinski definition) is 0. The molecule has 2 amide bonds. The quantitative estimate of drug-likeness (QED) is 0.156. The highest BCUT2D eigenvalue weighted by molar-refractivity contribution is 9.10. The number of halogens is 2. The standard InChI is InChI=1S/C31H25Br2NO5/c1-17(2)26(29(38)39-16-23(35)18-10-4-3-5-11-18)34-27(36)24-25(28(34)37)31(33)20-13-7-6-12-19(20)30(24,32)21-14-8-9-15-22(21)31/h3-15,17,24-26H,16H2,1-2H3/t24-,25-,26+,30?,31?/m0/s1. The fraction of sp³-hybridized carbons (Fsp3) is 0.290. The second kappa shape index (κ2) is 9.24. The monoisotopic (exact) mass is 649 g/mol. The largest absolute Gasteiger partial charge is 0.456 e. The number of hydrogen-bond acceptors (Lipinski definition) is 5. The number of carbonyl (C=O) groups is 4. The van der Waals surface area contributed by atoms with Gasteiger partial charge in [-0.2, -0.15) is 0 Å². The van der Waals surface area contributed by atoms with Crippen molar-refractivity contribution in [1.82, 2.24) is 4.90 Å². The van der Waals surface area contributed by atoms with Crippen molar-refractivity contribution in [1.29, 1.82) is 0 Å². The van der Waals surface area contributed by atoms with Crippen LogP contribution in [0.1, 0.15) is 46.5 Å². The number of ether oxygens (including phenoxy) is 1. The second-order valence-corrected chi connectivity index (χ2v) is 13.1. The Hall–Kier alpha value is -3.10. The van der Waals surface area contributed by atoms with E-state index >= 15 is 0 Å². The van der Waals surface area contributed by atoms with E-state index in [1.165, 1.54) is 0 Å². The molecule has 0 radical (unpaired) electrons. The molecule has 39 heavy (non-hydrogen) atoms. The summed E-state index contributed by atoms with van der Waals surface area (Å²) in [5.41, 5.74) is 4.09. The van der Waals surface area contributed by atoms with Crippen molar-refractivity contribution in [3.63, 3.8) is 0 Å². The zero-order valence-corrected chi connectivity index (χ0v) is 24.4. The van der Waals surface area contributed by atoms with Crippen LogP contribution in [0.4, 0.5) is 0 Å². The van der Waals surface area contributed by atoms with E-state index in [0.29, 0.717) is 5.56 Å². The molecular weight excluding hydrogens is 626 g/mol. The molecule has 1 fully saturated rings. The van der Waals surface area contributed by atoms with Gasteiger partial charge in [-0.15, -0.1) is 0 Å². The summed E-state index contributed by atoms with van der Waals surface area (Å²) in [5.74, 6) is -3.99. The molecule has 0 unspecified atom stereocenters. The molecule has 0 N–H and O–H groups in total. The van der Waals surface area contributed by atoms with Gasteiger partial charge in [0, 0.05) is 5.56 Å². The molecule has 0 spiro atoms. The molecule has 8 heteroatoms. The van der Waals surface area contributed by atoms with Crippen LogP contribution in [0.3, 0.4) is 0 Å². The number of nitrogens with zero attached hydrogens (tertiary/aromatic N) is 1. The molecule has 0 saturated carbocycles. The highest BCUT2D eigenvalue weighted by Crippen LogP contribution is 2.70. The van der Waals surface area contributed by atoms with E-state index in [9.17, 15) is 19.2 Å². The van der Waals surface area contributed by atoms with Crippen LogP contribution in [0.2, 0.25) is 0 Å². The molecule has 1 saturated heterocycles. The van der Waals surface area contributed by atoms with E-state index in [-0.39, 0.29) is 5.78 Å². The summed E-state index contributed by atoms with van der Waals surface area (Å²) in [7, 11) is 0. The summed E-state index contributed by atoms with van der Waals surface area (Å²) in [6, 6.07) is 23.0. The number of Topliss-reactive ketones (excluding diaryl/α,β-unsaturated/α-hetero) is 1. The Kier molecular flexibility index (Phi) is 6.19. The topological polar surface area (TPSA) is 80.8 Å². The van der Waals surface area contributed by atoms with Gasteiger partial charge in [-0.25, -0.2) is 4.79 Å². The van der Waals surface area contributed by atoms with Crippen LogP contribution in [-0.2, 0) is 27.8 Å². The number of benzene rings is 3. The minimum atomic E-state index is -1.17. The number of ketones is 1. The third-order valence-electron chi connectivity index (χ3n) is 8.21. The Balaban J connectivity index is 1.39. The van der Waals surface area contributed by atoms with Crippen LogP contribution in [0.25, 0.3) is 0 Å². The molecule has 6 nitrogen and oxygen atoms in total. The molecule has 198 valence electrons. The number of carbonyl (C=O) groups excluding carboxylic acids is 4. The summed E-state index contributed by atoms with van der Waals surface area (Å²) in [5, 5.41) is 0. The molecule has 7 rings (SSSR count). The maximum absolute atomic E-state index is 14.3. The van der Waals surface area contributed by atoms with Crippen LogP contribution in [-0.4, -0.2) is 41.1 Å². The molecule has 4 aliphatic rings. The second-order valence-electron chi connectivity index (χ2n) is 10.6. The first kappa shape index (κ1) is 26.1. The average Bonchev–Trinajstić information content (AvgIpc) is 3.21. The molecule has 1 heterocycles. The van der Waals surface area contributed by atoms with E-state index in [2.05, 4.69) is 31.9 Å². The van der Waals surface area contributed by atoms with E-state index in [1.54, 1.807) is 44.2 Å². The van der Waals surface area contributed by atoms with E-state index in [1.807, 2.05) is 48.5 Å². The average molecular weight is 651 g/mol. The normalized spacial score (nSPS) is 27.2. The lowest BCUT2D eigenvalue weighted by Gasteiger charge is -2.55. The number of alkyl halides is 2. The minimum absolute atomic E-state index is 0.359. The highest BCUT2D eigenvalue weighted by Gasteiger charge is 2.73. The smallest absolute Gasteiger partial charge is 0.330 e. The summed E-state index contributed by atoms with van der Waals surface area (Å²) in [6.45, 7) is 3.05. The molecule has 3 aromatic rings. The molecule has 1 aliphatic heterocycles. The zero-order valence-electron chi connectivity index (χ0n) is 21.3. The van der Waals surface area contributed by atoms with Gasteiger partial charge in [0.1, 0.15) is 6.04 Å². The summed E-state index contributed by atoms with van der Waals surface area (Å²) in [4.78, 5) is 55.7. The molecular formula is C31H25Br2NO5. The lowest BCUT2D eigenvalue weighted by molar-refractivity contribution is -0.160. The first-order valence-corrected chi connectivity index (χ1v) is 14.4. The van der Waals surface area contributed by atoms with Crippen molar-refractivity contribution in [2.24, 2.45) is 17.8 Å². The Morgan fingerprint density at radius 3 is 1.59 bits per heavy atom. The van der Waals surface area contributed by atoms with Crippen LogP contribution in [0.5, 0.6) is 0 Å². The lowest BCUT2D eigenvalue weighted by Crippen LogP contribution is -2.56. The summed E-state index contributed by atoms with van der Waals surface area (Å²) >= 11 is 7.95. The molecule has 3 aromatic carbocycles. The Labute approximate surface area is 243 Å². The van der Waals surface area contributed by atoms with Crippen molar-refractivity contribution in [3.05, 3.63) is 107 Å². The van der Waals surface area contributed by atoms with Gasteiger partial charge in [0.25, 0.3) is 0 Å². The first-order valence-electron chi connectivity index (χ1n) is 12.8. The molecule has 3 aliphatic carbocycles. The van der Waals surface area contributed by atoms with Gasteiger partial charge >= 0.3 is 5.97 Å². The molecule has 0 aromatic heterocycles. The van der Waals surface area contributed by atoms with Gasteiger partial charge in [-0.05, 0) is 28.2 Å². The molecule has 3 atom stereocenters. The number of likely N-dealkylation sites (tertiary alicyclic amines) is 1. The van der Waals surface area contributed by atoms with Gasteiger partial charge in [-0.3, -0.25) is 19.3 Å². The number of amides is 2. The van der Waals surface area contributed by atoms with Crippen LogP contribution in [0.15, 0.2) is 78.9 Å². The summed E-state index contributed by atoms with van der Waals surface area (Å²) in [6.07, 6.45) is 0. The predicted octanol–water partition coefficient (Wildman–Crippen LogP) is 5.34. The fourth-order valence-electron chi connectivity index (χ4n) is 6.57. The lowest BCUT2D eigenvalue weighted by atomic mass is 9.54. The SMILES string of the molecule is CC(C)[C@H](C(=O)OCC(=O)c1ccccc1)N1C(=O)[C@@H]2[C@@H](C1=O)C1(Br)c3ccccc3C2(Br)c2ccccc21. The van der Waals surface area contributed by atoms with Gasteiger partial charge in [0.15, 0.2) is 12.4 Å². The Morgan fingerprint density at radius 2 is 1.18 bits per heavy atom.